The van der Waals surface area contributed by atoms with E-state index in [9.17, 15) is 4.79 Å². The van der Waals surface area contributed by atoms with Gasteiger partial charge in [-0.25, -0.2) is 5.48 Å². The molecule has 0 spiro atoms. The zero-order valence-electron chi connectivity index (χ0n) is 7.99. The van der Waals surface area contributed by atoms with E-state index < -0.39 is 5.91 Å². The van der Waals surface area contributed by atoms with E-state index in [2.05, 4.69) is 0 Å². The largest absolute Gasteiger partial charge is 0.494 e. The number of hydrogen-bond donors (Lipinski definition) is 2. The molecule has 0 saturated carbocycles. The van der Waals surface area contributed by atoms with Crippen molar-refractivity contribution in [3.05, 3.63) is 29.8 Å². The van der Waals surface area contributed by atoms with Gasteiger partial charge in [-0.1, -0.05) is 12.1 Å². The molecule has 1 rings (SSSR count). The van der Waals surface area contributed by atoms with E-state index >= 15 is 0 Å². The first-order chi connectivity index (χ1) is 6.76. The molecule has 0 aromatic heterocycles. The highest BCUT2D eigenvalue weighted by molar-refractivity contribution is 5.77. The van der Waals surface area contributed by atoms with Crippen molar-refractivity contribution < 1.29 is 14.7 Å². The van der Waals surface area contributed by atoms with Gasteiger partial charge in [-0.15, -0.1) is 0 Å². The van der Waals surface area contributed by atoms with Gasteiger partial charge in [-0.2, -0.15) is 0 Å². The lowest BCUT2D eigenvalue weighted by Gasteiger charge is -2.03. The third kappa shape index (κ3) is 3.06. The van der Waals surface area contributed by atoms with Crippen LogP contribution in [-0.4, -0.2) is 17.7 Å². The molecule has 4 nitrogen and oxygen atoms in total. The molecule has 1 aromatic carbocycles. The molecular formula is C10H13NO3. The summed E-state index contributed by atoms with van der Waals surface area (Å²) >= 11 is 0. The van der Waals surface area contributed by atoms with Crippen molar-refractivity contribution in [3.8, 4) is 5.75 Å². The molecule has 14 heavy (non-hydrogen) atoms. The Morgan fingerprint density at radius 3 is 2.57 bits per heavy atom. The first-order valence-electron chi connectivity index (χ1n) is 4.41. The topological polar surface area (TPSA) is 58.6 Å². The minimum absolute atomic E-state index is 0.170. The lowest BCUT2D eigenvalue weighted by Crippen LogP contribution is -2.20. The van der Waals surface area contributed by atoms with Gasteiger partial charge in [0.05, 0.1) is 13.0 Å². The van der Waals surface area contributed by atoms with Crippen molar-refractivity contribution in [1.82, 2.24) is 5.48 Å². The van der Waals surface area contributed by atoms with Gasteiger partial charge in [0.2, 0.25) is 5.91 Å². The number of carbonyl (C=O) groups excluding carboxylic acids is 1. The Morgan fingerprint density at radius 1 is 1.43 bits per heavy atom. The van der Waals surface area contributed by atoms with E-state index in [1.54, 1.807) is 29.7 Å². The van der Waals surface area contributed by atoms with E-state index in [1.165, 1.54) is 0 Å². The summed E-state index contributed by atoms with van der Waals surface area (Å²) in [5.41, 5.74) is 2.42. The number of rotatable bonds is 4. The molecule has 0 aliphatic carbocycles. The molecule has 0 bridgehead atoms. The summed E-state index contributed by atoms with van der Waals surface area (Å²) in [6, 6.07) is 7.17. The van der Waals surface area contributed by atoms with Crippen molar-refractivity contribution >= 4 is 5.91 Å². The Hall–Kier alpha value is -1.55. The molecule has 0 radical (unpaired) electrons. The number of carbonyl (C=O) groups is 1. The van der Waals surface area contributed by atoms with Gasteiger partial charge in [-0.05, 0) is 24.6 Å². The van der Waals surface area contributed by atoms with Gasteiger partial charge < -0.3 is 4.74 Å². The fourth-order valence-corrected chi connectivity index (χ4v) is 1.10. The van der Waals surface area contributed by atoms with E-state index in [0.29, 0.717) is 6.61 Å². The van der Waals surface area contributed by atoms with Gasteiger partial charge in [0.1, 0.15) is 5.75 Å². The van der Waals surface area contributed by atoms with Crippen LogP contribution in [0.2, 0.25) is 0 Å². The smallest absolute Gasteiger partial charge is 0.247 e. The van der Waals surface area contributed by atoms with Crippen LogP contribution >= 0.6 is 0 Å². The molecule has 0 heterocycles. The Bertz CT molecular complexity index is 295. The molecule has 0 aliphatic heterocycles. The minimum atomic E-state index is -0.422. The first kappa shape index (κ1) is 10.5. The molecular weight excluding hydrogens is 182 g/mol. The number of ether oxygens (including phenoxy) is 1. The predicted molar refractivity (Wildman–Crippen MR) is 51.2 cm³/mol. The maximum atomic E-state index is 10.8. The summed E-state index contributed by atoms with van der Waals surface area (Å²) in [4.78, 5) is 10.8. The zero-order valence-corrected chi connectivity index (χ0v) is 7.99. The summed E-state index contributed by atoms with van der Waals surface area (Å²) in [7, 11) is 0. The van der Waals surface area contributed by atoms with Crippen LogP contribution in [0.4, 0.5) is 0 Å². The number of hydroxylamine groups is 1. The van der Waals surface area contributed by atoms with Gasteiger partial charge >= 0.3 is 0 Å². The monoisotopic (exact) mass is 195 g/mol. The molecule has 2 N–H and O–H groups in total. The van der Waals surface area contributed by atoms with Crippen molar-refractivity contribution in [3.63, 3.8) is 0 Å². The maximum absolute atomic E-state index is 10.8. The SMILES string of the molecule is CCOc1ccc(CC(=O)NO)cc1. The van der Waals surface area contributed by atoms with Crippen LogP contribution < -0.4 is 10.2 Å². The molecule has 4 heteroatoms. The molecule has 1 amide bonds. The van der Waals surface area contributed by atoms with Crippen LogP contribution in [0.1, 0.15) is 12.5 Å². The average Bonchev–Trinajstić information content (AvgIpc) is 2.21. The Balaban J connectivity index is 2.59. The van der Waals surface area contributed by atoms with Gasteiger partial charge in [0.15, 0.2) is 0 Å². The fourth-order valence-electron chi connectivity index (χ4n) is 1.10. The molecule has 0 saturated heterocycles. The summed E-state index contributed by atoms with van der Waals surface area (Å²) < 4.78 is 5.24. The van der Waals surface area contributed by atoms with Gasteiger partial charge in [0, 0.05) is 0 Å². The zero-order chi connectivity index (χ0) is 10.4. The van der Waals surface area contributed by atoms with E-state index in [1.807, 2.05) is 6.92 Å². The second-order valence-corrected chi connectivity index (χ2v) is 2.79. The normalized spacial score (nSPS) is 9.57. The highest BCUT2D eigenvalue weighted by Crippen LogP contribution is 2.12. The summed E-state index contributed by atoms with van der Waals surface area (Å²) in [6.45, 7) is 2.53. The van der Waals surface area contributed by atoms with Crippen molar-refractivity contribution in [2.45, 2.75) is 13.3 Å². The quantitative estimate of drug-likeness (QED) is 0.559. The summed E-state index contributed by atoms with van der Waals surface area (Å²) in [6.07, 6.45) is 0.170. The molecule has 1 aromatic rings. The van der Waals surface area contributed by atoms with Crippen LogP contribution in [0.5, 0.6) is 5.75 Å². The Labute approximate surface area is 82.5 Å². The third-order valence-electron chi connectivity index (χ3n) is 1.72. The standard InChI is InChI=1S/C10H13NO3/c1-2-14-9-5-3-8(4-6-9)7-10(12)11-13/h3-6,13H,2,7H2,1H3,(H,11,12). The minimum Gasteiger partial charge on any atom is -0.494 e. The summed E-state index contributed by atoms with van der Waals surface area (Å²) in [5, 5.41) is 8.31. The lowest BCUT2D eigenvalue weighted by molar-refractivity contribution is -0.128. The number of hydrogen-bond acceptors (Lipinski definition) is 3. The second-order valence-electron chi connectivity index (χ2n) is 2.79. The van der Waals surface area contributed by atoms with Gasteiger partial charge in [0.25, 0.3) is 0 Å². The molecule has 0 atom stereocenters. The second kappa shape index (κ2) is 5.24. The number of amides is 1. The lowest BCUT2D eigenvalue weighted by atomic mass is 10.1. The highest BCUT2D eigenvalue weighted by Gasteiger charge is 2.01. The fraction of sp³-hybridized carbons (Fsp3) is 0.300. The van der Waals surface area contributed by atoms with Crippen LogP contribution in [0.25, 0.3) is 0 Å². The third-order valence-corrected chi connectivity index (χ3v) is 1.72. The van der Waals surface area contributed by atoms with E-state index in [0.717, 1.165) is 11.3 Å². The first-order valence-corrected chi connectivity index (χ1v) is 4.41. The average molecular weight is 195 g/mol. The van der Waals surface area contributed by atoms with Crippen molar-refractivity contribution in [1.29, 1.82) is 0 Å². The van der Waals surface area contributed by atoms with Crippen molar-refractivity contribution in [2.75, 3.05) is 6.61 Å². The van der Waals surface area contributed by atoms with E-state index in [4.69, 9.17) is 9.94 Å². The Morgan fingerprint density at radius 2 is 2.07 bits per heavy atom. The van der Waals surface area contributed by atoms with Gasteiger partial charge in [-0.3, -0.25) is 10.0 Å². The van der Waals surface area contributed by atoms with Crippen LogP contribution in [0.15, 0.2) is 24.3 Å². The van der Waals surface area contributed by atoms with Crippen LogP contribution in [-0.2, 0) is 11.2 Å². The van der Waals surface area contributed by atoms with Crippen molar-refractivity contribution in [2.24, 2.45) is 0 Å². The summed E-state index contributed by atoms with van der Waals surface area (Å²) in [5.74, 6) is 0.356. The number of nitrogens with one attached hydrogen (secondary N) is 1. The molecule has 0 aliphatic rings. The molecule has 0 fully saturated rings. The predicted octanol–water partition coefficient (Wildman–Crippen LogP) is 1.13. The highest BCUT2D eigenvalue weighted by atomic mass is 16.5. The molecule has 76 valence electrons. The maximum Gasteiger partial charge on any atom is 0.247 e. The Kier molecular flexibility index (Phi) is 3.94. The number of benzene rings is 1. The molecule has 0 unspecified atom stereocenters. The van der Waals surface area contributed by atoms with E-state index in [-0.39, 0.29) is 6.42 Å². The van der Waals surface area contributed by atoms with Crippen LogP contribution in [0.3, 0.4) is 0 Å². The van der Waals surface area contributed by atoms with Crippen LogP contribution in [0, 0.1) is 0 Å².